The number of carbonyl (C=O) groups is 1. The van der Waals surface area contributed by atoms with Crippen LogP contribution in [0.5, 0.6) is 0 Å². The molecule has 1 amide bonds. The summed E-state index contributed by atoms with van der Waals surface area (Å²) in [6, 6.07) is 15.3. The Hall–Kier alpha value is -2.86. The van der Waals surface area contributed by atoms with Gasteiger partial charge in [0.2, 0.25) is 5.95 Å². The highest BCUT2D eigenvalue weighted by Crippen LogP contribution is 2.22. The fourth-order valence-corrected chi connectivity index (χ4v) is 2.66. The highest BCUT2D eigenvalue weighted by Gasteiger charge is 2.14. The Morgan fingerprint density at radius 2 is 2.00 bits per heavy atom. The molecular weight excluding hydrogens is 292 g/mol. The molecule has 0 aliphatic carbocycles. The lowest BCUT2D eigenvalue weighted by atomic mass is 10.2. The van der Waals surface area contributed by atoms with Crippen LogP contribution in [0.3, 0.4) is 0 Å². The second kappa shape index (κ2) is 6.10. The van der Waals surface area contributed by atoms with Crippen molar-refractivity contribution in [1.29, 1.82) is 0 Å². The van der Waals surface area contributed by atoms with E-state index in [2.05, 4.69) is 22.0 Å². The number of rotatable bonds is 4. The van der Waals surface area contributed by atoms with Gasteiger partial charge in [0.05, 0.1) is 11.0 Å². The van der Waals surface area contributed by atoms with Crippen LogP contribution < -0.4 is 10.4 Å². The maximum absolute atomic E-state index is 11.5. The first-order valence-electron chi connectivity index (χ1n) is 7.26. The summed E-state index contributed by atoms with van der Waals surface area (Å²) >= 11 is 0. The number of nitrogens with one attached hydrogen (secondary N) is 1. The lowest BCUT2D eigenvalue weighted by Crippen LogP contribution is -2.19. The van der Waals surface area contributed by atoms with E-state index >= 15 is 0 Å². The molecule has 3 rings (SSSR count). The van der Waals surface area contributed by atoms with Gasteiger partial charge in [0.15, 0.2) is 0 Å². The molecule has 0 aliphatic heterocycles. The van der Waals surface area contributed by atoms with Crippen LogP contribution in [0.2, 0.25) is 0 Å². The molecule has 0 fully saturated rings. The average Bonchev–Trinajstić information content (AvgIpc) is 2.91. The minimum absolute atomic E-state index is 0.371. The van der Waals surface area contributed by atoms with Gasteiger partial charge >= 0.3 is 0 Å². The fraction of sp³-hybridized carbons (Fsp3) is 0.176. The van der Waals surface area contributed by atoms with Gasteiger partial charge in [-0.15, -0.1) is 0 Å². The Balaban J connectivity index is 1.94. The Labute approximate surface area is 133 Å². The molecule has 23 heavy (non-hydrogen) atoms. The third kappa shape index (κ3) is 2.89. The van der Waals surface area contributed by atoms with Crippen LogP contribution in [0.1, 0.15) is 15.9 Å². The zero-order chi connectivity index (χ0) is 16.4. The van der Waals surface area contributed by atoms with Crippen molar-refractivity contribution < 1.29 is 10.0 Å². The zero-order valence-electron chi connectivity index (χ0n) is 13.0. The number of benzene rings is 2. The summed E-state index contributed by atoms with van der Waals surface area (Å²) in [7, 11) is 3.92. The van der Waals surface area contributed by atoms with Crippen molar-refractivity contribution in [1.82, 2.24) is 15.0 Å². The summed E-state index contributed by atoms with van der Waals surface area (Å²) in [5.74, 6) is 0.266. The van der Waals surface area contributed by atoms with Crippen LogP contribution in [0.25, 0.3) is 11.0 Å². The number of nitrogens with zero attached hydrogens (tertiary/aromatic N) is 3. The van der Waals surface area contributed by atoms with E-state index < -0.39 is 5.91 Å². The quantitative estimate of drug-likeness (QED) is 0.573. The molecule has 6 heteroatoms. The van der Waals surface area contributed by atoms with E-state index in [1.807, 2.05) is 42.9 Å². The van der Waals surface area contributed by atoms with Crippen molar-refractivity contribution >= 4 is 22.9 Å². The Kier molecular flexibility index (Phi) is 3.99. The Morgan fingerprint density at radius 1 is 1.26 bits per heavy atom. The number of amides is 1. The number of hydrogen-bond acceptors (Lipinski definition) is 4. The van der Waals surface area contributed by atoms with Crippen molar-refractivity contribution in [3.8, 4) is 0 Å². The van der Waals surface area contributed by atoms with Gasteiger partial charge in [-0.2, -0.15) is 0 Å². The number of imidazole rings is 1. The molecule has 0 saturated carbocycles. The second-order valence-electron chi connectivity index (χ2n) is 5.46. The molecule has 118 valence electrons. The van der Waals surface area contributed by atoms with Gasteiger partial charge < -0.3 is 9.47 Å². The van der Waals surface area contributed by atoms with Crippen molar-refractivity contribution in [2.24, 2.45) is 7.05 Å². The molecule has 0 saturated heterocycles. The molecule has 2 aromatic carbocycles. The Bertz CT molecular complexity index is 842. The fourth-order valence-electron chi connectivity index (χ4n) is 2.66. The van der Waals surface area contributed by atoms with Gasteiger partial charge in [-0.25, -0.2) is 10.5 Å². The lowest BCUT2D eigenvalue weighted by Gasteiger charge is -2.18. The smallest absolute Gasteiger partial charge is 0.274 e. The van der Waals surface area contributed by atoms with Crippen LogP contribution in [0.15, 0.2) is 48.5 Å². The van der Waals surface area contributed by atoms with Crippen LogP contribution in [0, 0.1) is 0 Å². The predicted octanol–water partition coefficient (Wildman–Crippen LogP) is 2.33. The molecule has 0 aliphatic rings. The van der Waals surface area contributed by atoms with Crippen LogP contribution in [-0.4, -0.2) is 27.7 Å². The molecule has 1 heterocycles. The molecular formula is C17H18N4O2. The monoisotopic (exact) mass is 310 g/mol. The molecule has 1 aromatic heterocycles. The SMILES string of the molecule is CN(Cc1ccccc1)c1nc2cc(C(=O)NO)ccc2n1C. The minimum Gasteiger partial charge on any atom is -0.341 e. The minimum atomic E-state index is -0.545. The zero-order valence-corrected chi connectivity index (χ0v) is 13.0. The van der Waals surface area contributed by atoms with E-state index in [4.69, 9.17) is 5.21 Å². The van der Waals surface area contributed by atoms with Crippen molar-refractivity contribution in [3.63, 3.8) is 0 Å². The van der Waals surface area contributed by atoms with Crippen LogP contribution in [-0.2, 0) is 13.6 Å². The number of fused-ring (bicyclic) bond motifs is 1. The summed E-state index contributed by atoms with van der Waals surface area (Å²) in [6.07, 6.45) is 0. The highest BCUT2D eigenvalue weighted by atomic mass is 16.5. The molecule has 0 bridgehead atoms. The first-order chi connectivity index (χ1) is 11.1. The third-order valence-corrected chi connectivity index (χ3v) is 3.82. The Morgan fingerprint density at radius 3 is 2.70 bits per heavy atom. The largest absolute Gasteiger partial charge is 0.341 e. The van der Waals surface area contributed by atoms with E-state index in [1.165, 1.54) is 5.56 Å². The number of hydrogen-bond donors (Lipinski definition) is 2. The third-order valence-electron chi connectivity index (χ3n) is 3.82. The van der Waals surface area contributed by atoms with E-state index in [9.17, 15) is 4.79 Å². The summed E-state index contributed by atoms with van der Waals surface area (Å²) in [5.41, 5.74) is 4.84. The van der Waals surface area contributed by atoms with Gasteiger partial charge in [-0.3, -0.25) is 10.0 Å². The summed E-state index contributed by atoms with van der Waals surface area (Å²) in [5, 5.41) is 8.74. The van der Waals surface area contributed by atoms with E-state index in [1.54, 1.807) is 17.6 Å². The number of aryl methyl sites for hydroxylation is 1. The second-order valence-corrected chi connectivity index (χ2v) is 5.46. The summed E-state index contributed by atoms with van der Waals surface area (Å²) in [6.45, 7) is 0.738. The topological polar surface area (TPSA) is 70.4 Å². The summed E-state index contributed by atoms with van der Waals surface area (Å²) in [4.78, 5) is 18.2. The van der Waals surface area contributed by atoms with Crippen molar-refractivity contribution in [2.45, 2.75) is 6.54 Å². The van der Waals surface area contributed by atoms with Gasteiger partial charge in [0, 0.05) is 26.2 Å². The number of hydroxylamine groups is 1. The highest BCUT2D eigenvalue weighted by molar-refractivity contribution is 5.97. The molecule has 3 aromatic rings. The number of anilines is 1. The normalized spacial score (nSPS) is 10.7. The van der Waals surface area contributed by atoms with Crippen LogP contribution >= 0.6 is 0 Å². The van der Waals surface area contributed by atoms with E-state index in [0.717, 1.165) is 18.0 Å². The maximum Gasteiger partial charge on any atom is 0.274 e. The molecule has 0 atom stereocenters. The molecule has 2 N–H and O–H groups in total. The first-order valence-corrected chi connectivity index (χ1v) is 7.26. The molecule has 0 unspecified atom stereocenters. The number of aromatic nitrogens is 2. The van der Waals surface area contributed by atoms with E-state index in [0.29, 0.717) is 11.1 Å². The first kappa shape index (κ1) is 15.1. The van der Waals surface area contributed by atoms with Gasteiger partial charge in [-0.05, 0) is 23.8 Å². The van der Waals surface area contributed by atoms with Crippen LogP contribution in [0.4, 0.5) is 5.95 Å². The predicted molar refractivity (Wildman–Crippen MR) is 88.5 cm³/mol. The van der Waals surface area contributed by atoms with Crippen molar-refractivity contribution in [3.05, 3.63) is 59.7 Å². The van der Waals surface area contributed by atoms with Gasteiger partial charge in [0.1, 0.15) is 0 Å². The van der Waals surface area contributed by atoms with Gasteiger partial charge in [-0.1, -0.05) is 30.3 Å². The standard InChI is InChI=1S/C17H18N4O2/c1-20(11-12-6-4-3-5-7-12)17-18-14-10-13(16(22)19-23)8-9-15(14)21(17)2/h3-10,23H,11H2,1-2H3,(H,19,22). The number of carbonyl (C=O) groups excluding carboxylic acids is 1. The maximum atomic E-state index is 11.5. The lowest BCUT2D eigenvalue weighted by molar-refractivity contribution is 0.0706. The molecule has 0 radical (unpaired) electrons. The van der Waals surface area contributed by atoms with E-state index in [-0.39, 0.29) is 0 Å². The molecule has 0 spiro atoms. The van der Waals surface area contributed by atoms with Crippen molar-refractivity contribution in [2.75, 3.05) is 11.9 Å². The average molecular weight is 310 g/mol. The molecule has 6 nitrogen and oxygen atoms in total. The summed E-state index contributed by atoms with van der Waals surface area (Å²) < 4.78 is 1.99. The van der Waals surface area contributed by atoms with Gasteiger partial charge in [0.25, 0.3) is 5.91 Å².